The minimum Gasteiger partial charge on any atom is -0.370 e. The molecule has 1 heterocycles. The van der Waals surface area contributed by atoms with Crippen LogP contribution in [0.3, 0.4) is 0 Å². The maximum absolute atomic E-state index is 11.7. The Bertz CT molecular complexity index is 963. The van der Waals surface area contributed by atoms with E-state index in [1.165, 1.54) is 0 Å². The Morgan fingerprint density at radius 1 is 1.12 bits per heavy atom. The molecular weight excluding hydrogens is 334 g/mol. The first-order valence-electron chi connectivity index (χ1n) is 8.49. The van der Waals surface area contributed by atoms with Crippen molar-refractivity contribution in [2.24, 2.45) is 0 Å². The molecule has 2 aromatic carbocycles. The van der Waals surface area contributed by atoms with E-state index in [9.17, 15) is 10.1 Å². The van der Waals surface area contributed by atoms with Gasteiger partial charge in [0.05, 0.1) is 10.6 Å². The van der Waals surface area contributed by atoms with Crippen molar-refractivity contribution in [3.05, 3.63) is 45.5 Å². The number of nitro benzene ring substituents is 1. The Morgan fingerprint density at radius 3 is 2.42 bits per heavy atom. The molecular formula is C18H21N5O3. The second kappa shape index (κ2) is 6.99. The summed E-state index contributed by atoms with van der Waals surface area (Å²) in [5.41, 5.74) is 4.55. The third kappa shape index (κ3) is 3.05. The van der Waals surface area contributed by atoms with Gasteiger partial charge in [0.15, 0.2) is 5.52 Å². The number of anilines is 3. The fourth-order valence-corrected chi connectivity index (χ4v) is 2.97. The van der Waals surface area contributed by atoms with Crippen LogP contribution in [0.2, 0.25) is 0 Å². The van der Waals surface area contributed by atoms with Gasteiger partial charge in [0, 0.05) is 18.8 Å². The van der Waals surface area contributed by atoms with Crippen LogP contribution in [0.4, 0.5) is 22.7 Å². The van der Waals surface area contributed by atoms with E-state index in [1.807, 2.05) is 45.9 Å². The molecule has 0 aliphatic heterocycles. The van der Waals surface area contributed by atoms with E-state index in [0.29, 0.717) is 11.2 Å². The largest absolute Gasteiger partial charge is 0.370 e. The van der Waals surface area contributed by atoms with Crippen molar-refractivity contribution in [3.63, 3.8) is 0 Å². The van der Waals surface area contributed by atoms with Gasteiger partial charge in [0.25, 0.3) is 0 Å². The normalized spacial score (nSPS) is 10.9. The number of benzene rings is 2. The van der Waals surface area contributed by atoms with Crippen LogP contribution in [0.15, 0.2) is 28.9 Å². The lowest BCUT2D eigenvalue weighted by molar-refractivity contribution is -0.382. The van der Waals surface area contributed by atoms with Crippen LogP contribution in [0, 0.1) is 24.0 Å². The zero-order valence-electron chi connectivity index (χ0n) is 15.2. The van der Waals surface area contributed by atoms with Gasteiger partial charge in [0.1, 0.15) is 5.69 Å². The van der Waals surface area contributed by atoms with Crippen LogP contribution in [0.25, 0.3) is 11.0 Å². The average Bonchev–Trinajstić information content (AvgIpc) is 3.08. The van der Waals surface area contributed by atoms with Crippen LogP contribution in [0.5, 0.6) is 0 Å². The van der Waals surface area contributed by atoms with Crippen LogP contribution >= 0.6 is 0 Å². The SMILES string of the molecule is CCN(CC)c1cc(Nc2ccc(C)c(C)c2)c([N+](=O)[O-])c2nonc12. The van der Waals surface area contributed by atoms with Crippen molar-refractivity contribution in [2.75, 3.05) is 23.3 Å². The Hall–Kier alpha value is -3.16. The van der Waals surface area contributed by atoms with E-state index in [2.05, 4.69) is 20.5 Å². The van der Waals surface area contributed by atoms with Gasteiger partial charge in [-0.2, -0.15) is 0 Å². The molecule has 8 heteroatoms. The first-order valence-corrected chi connectivity index (χ1v) is 8.49. The van der Waals surface area contributed by atoms with Crippen LogP contribution < -0.4 is 10.2 Å². The molecule has 1 N–H and O–H groups in total. The van der Waals surface area contributed by atoms with E-state index < -0.39 is 4.92 Å². The molecule has 3 aromatic rings. The highest BCUT2D eigenvalue weighted by atomic mass is 16.6. The summed E-state index contributed by atoms with van der Waals surface area (Å²) in [6.07, 6.45) is 0. The number of hydrogen-bond acceptors (Lipinski definition) is 7. The van der Waals surface area contributed by atoms with Crippen molar-refractivity contribution in [3.8, 4) is 0 Å². The van der Waals surface area contributed by atoms with Crippen LogP contribution in [0.1, 0.15) is 25.0 Å². The van der Waals surface area contributed by atoms with Crippen molar-refractivity contribution in [2.45, 2.75) is 27.7 Å². The molecule has 8 nitrogen and oxygen atoms in total. The predicted molar refractivity (Wildman–Crippen MR) is 101 cm³/mol. The number of nitrogens with zero attached hydrogens (tertiary/aromatic N) is 4. The summed E-state index contributed by atoms with van der Waals surface area (Å²) in [5.74, 6) is 0. The maximum Gasteiger partial charge on any atom is 0.324 e. The fourth-order valence-electron chi connectivity index (χ4n) is 2.97. The van der Waals surface area contributed by atoms with Crippen molar-refractivity contribution >= 4 is 33.8 Å². The standard InChI is InChI=1S/C18H21N5O3/c1-5-22(6-2)15-10-14(19-13-8-7-11(3)12(4)9-13)18(23(24)25)17-16(15)20-26-21-17/h7-10,19H,5-6H2,1-4H3. The molecule has 0 unspecified atom stereocenters. The Labute approximate surface area is 150 Å². The fraction of sp³-hybridized carbons (Fsp3) is 0.333. The molecule has 26 heavy (non-hydrogen) atoms. The van der Waals surface area contributed by atoms with Gasteiger partial charge >= 0.3 is 5.69 Å². The summed E-state index contributed by atoms with van der Waals surface area (Å²) in [4.78, 5) is 13.3. The number of aryl methyl sites for hydroxylation is 2. The maximum atomic E-state index is 11.7. The van der Waals surface area contributed by atoms with Gasteiger partial charge in [-0.3, -0.25) is 10.1 Å². The first-order chi connectivity index (χ1) is 12.5. The first kappa shape index (κ1) is 17.7. The molecule has 1 aromatic heterocycles. The Kier molecular flexibility index (Phi) is 4.75. The van der Waals surface area contributed by atoms with Gasteiger partial charge in [-0.15, -0.1) is 0 Å². The van der Waals surface area contributed by atoms with E-state index in [-0.39, 0.29) is 11.2 Å². The molecule has 0 spiro atoms. The quantitative estimate of drug-likeness (QED) is 0.519. The van der Waals surface area contributed by atoms with Gasteiger partial charge in [-0.05, 0) is 67.3 Å². The summed E-state index contributed by atoms with van der Waals surface area (Å²) in [7, 11) is 0. The third-order valence-electron chi connectivity index (χ3n) is 4.56. The summed E-state index contributed by atoms with van der Waals surface area (Å²) in [5, 5.41) is 22.6. The molecule has 0 aliphatic rings. The molecule has 0 atom stereocenters. The lowest BCUT2D eigenvalue weighted by Crippen LogP contribution is -2.22. The van der Waals surface area contributed by atoms with E-state index in [0.717, 1.165) is 35.6 Å². The zero-order chi connectivity index (χ0) is 18.8. The minimum absolute atomic E-state index is 0.143. The summed E-state index contributed by atoms with van der Waals surface area (Å²) < 4.78 is 4.82. The van der Waals surface area contributed by atoms with Gasteiger partial charge in [0.2, 0.25) is 5.52 Å². The molecule has 136 valence electrons. The summed E-state index contributed by atoms with van der Waals surface area (Å²) >= 11 is 0. The van der Waals surface area contributed by atoms with Crippen molar-refractivity contribution in [1.82, 2.24) is 10.3 Å². The Morgan fingerprint density at radius 2 is 1.81 bits per heavy atom. The molecule has 0 aliphatic carbocycles. The highest BCUT2D eigenvalue weighted by Gasteiger charge is 2.27. The van der Waals surface area contributed by atoms with E-state index in [4.69, 9.17) is 4.63 Å². The smallest absolute Gasteiger partial charge is 0.324 e. The minimum atomic E-state index is -0.456. The molecule has 0 fully saturated rings. The molecule has 0 radical (unpaired) electrons. The second-order valence-electron chi connectivity index (χ2n) is 6.11. The monoisotopic (exact) mass is 355 g/mol. The number of aromatic nitrogens is 2. The molecule has 0 saturated heterocycles. The lowest BCUT2D eigenvalue weighted by Gasteiger charge is -2.22. The third-order valence-corrected chi connectivity index (χ3v) is 4.56. The number of fused-ring (bicyclic) bond motifs is 1. The number of nitrogens with one attached hydrogen (secondary N) is 1. The zero-order valence-corrected chi connectivity index (χ0v) is 15.2. The van der Waals surface area contributed by atoms with Gasteiger partial charge in [-0.25, -0.2) is 4.63 Å². The average molecular weight is 355 g/mol. The highest BCUT2D eigenvalue weighted by Crippen LogP contribution is 2.39. The van der Waals surface area contributed by atoms with Crippen LogP contribution in [-0.2, 0) is 0 Å². The molecule has 0 saturated carbocycles. The molecule has 0 amide bonds. The summed E-state index contributed by atoms with van der Waals surface area (Å²) in [6, 6.07) is 7.58. The Balaban J connectivity index is 2.20. The topological polar surface area (TPSA) is 97.3 Å². The van der Waals surface area contributed by atoms with Gasteiger partial charge < -0.3 is 10.2 Å². The number of nitro groups is 1. The molecule has 3 rings (SSSR count). The van der Waals surface area contributed by atoms with E-state index >= 15 is 0 Å². The van der Waals surface area contributed by atoms with Crippen molar-refractivity contribution in [1.29, 1.82) is 0 Å². The number of rotatable bonds is 6. The second-order valence-corrected chi connectivity index (χ2v) is 6.11. The number of hydrogen-bond donors (Lipinski definition) is 1. The lowest BCUT2D eigenvalue weighted by atomic mass is 10.1. The van der Waals surface area contributed by atoms with Gasteiger partial charge in [-0.1, -0.05) is 6.07 Å². The molecule has 0 bridgehead atoms. The summed E-state index contributed by atoms with van der Waals surface area (Å²) in [6.45, 7) is 9.52. The van der Waals surface area contributed by atoms with Crippen molar-refractivity contribution < 1.29 is 9.55 Å². The van der Waals surface area contributed by atoms with Crippen LogP contribution in [-0.4, -0.2) is 28.3 Å². The predicted octanol–water partition coefficient (Wildman–Crippen LogP) is 4.34. The highest BCUT2D eigenvalue weighted by molar-refractivity contribution is 6.00. The van der Waals surface area contributed by atoms with E-state index in [1.54, 1.807) is 6.07 Å².